The third kappa shape index (κ3) is 5.27. The molecule has 1 N–H and O–H groups in total. The van der Waals surface area contributed by atoms with E-state index in [1.165, 1.54) is 25.7 Å². The molecule has 5 nitrogen and oxygen atoms in total. The van der Waals surface area contributed by atoms with E-state index >= 15 is 0 Å². The molecule has 0 radical (unpaired) electrons. The van der Waals surface area contributed by atoms with Crippen LogP contribution in [0.15, 0.2) is 5.11 Å². The zero-order valence-electron chi connectivity index (χ0n) is 8.98. The molecule has 0 aromatic carbocycles. The van der Waals surface area contributed by atoms with E-state index in [9.17, 15) is 4.79 Å². The summed E-state index contributed by atoms with van der Waals surface area (Å²) in [5.41, 5.74) is 8.02. The zero-order chi connectivity index (χ0) is 10.9. The molecule has 0 aromatic heterocycles. The van der Waals surface area contributed by atoms with Crippen molar-refractivity contribution in [2.75, 3.05) is 13.1 Å². The van der Waals surface area contributed by atoms with Crippen LogP contribution < -0.4 is 5.32 Å². The van der Waals surface area contributed by atoms with Crippen LogP contribution in [0.5, 0.6) is 0 Å². The quantitative estimate of drug-likeness (QED) is 0.310. The van der Waals surface area contributed by atoms with Crippen LogP contribution >= 0.6 is 0 Å². The summed E-state index contributed by atoms with van der Waals surface area (Å²) in [5, 5.41) is 6.08. The molecule has 0 bridgehead atoms. The molecule has 1 amide bonds. The van der Waals surface area contributed by atoms with E-state index in [4.69, 9.17) is 5.53 Å². The predicted octanol–water partition coefficient (Wildman–Crippen LogP) is 2.38. The van der Waals surface area contributed by atoms with E-state index in [-0.39, 0.29) is 5.91 Å². The fourth-order valence-corrected chi connectivity index (χ4v) is 2.01. The fourth-order valence-electron chi connectivity index (χ4n) is 2.01. The van der Waals surface area contributed by atoms with Crippen LogP contribution in [0.3, 0.4) is 0 Å². The summed E-state index contributed by atoms with van der Waals surface area (Å²) in [7, 11) is 0. The Morgan fingerprint density at radius 3 is 2.87 bits per heavy atom. The minimum Gasteiger partial charge on any atom is -0.356 e. The summed E-state index contributed by atoms with van der Waals surface area (Å²) in [5.74, 6) is 0.836. The Balaban J connectivity index is 2.00. The average Bonchev–Trinajstić information content (AvgIpc) is 2.74. The van der Waals surface area contributed by atoms with Crippen LogP contribution in [-0.4, -0.2) is 19.0 Å². The number of azide groups is 1. The van der Waals surface area contributed by atoms with Crippen LogP contribution in [0.25, 0.3) is 10.4 Å². The van der Waals surface area contributed by atoms with Gasteiger partial charge in [0, 0.05) is 24.4 Å². The second kappa shape index (κ2) is 7.12. The van der Waals surface area contributed by atoms with Gasteiger partial charge in [0.25, 0.3) is 0 Å². The molecule has 0 aromatic rings. The molecule has 0 atom stereocenters. The van der Waals surface area contributed by atoms with Gasteiger partial charge >= 0.3 is 0 Å². The van der Waals surface area contributed by atoms with Crippen molar-refractivity contribution in [1.82, 2.24) is 5.32 Å². The highest BCUT2D eigenvalue weighted by molar-refractivity contribution is 5.75. The second-order valence-corrected chi connectivity index (χ2v) is 3.99. The van der Waals surface area contributed by atoms with Gasteiger partial charge in [-0.2, -0.15) is 0 Å². The van der Waals surface area contributed by atoms with E-state index in [1.807, 2.05) is 0 Å². The first kappa shape index (κ1) is 11.9. The predicted molar refractivity (Wildman–Crippen MR) is 58.2 cm³/mol. The number of nitrogens with one attached hydrogen (secondary N) is 1. The van der Waals surface area contributed by atoms with Crippen molar-refractivity contribution in [2.45, 2.75) is 38.5 Å². The lowest BCUT2D eigenvalue weighted by atomic mass is 10.0. The molecule has 1 saturated carbocycles. The van der Waals surface area contributed by atoms with Crippen LogP contribution in [-0.2, 0) is 4.79 Å². The molecule has 0 unspecified atom stereocenters. The number of carbonyl (C=O) groups is 1. The molecule has 15 heavy (non-hydrogen) atoms. The molecule has 0 heterocycles. The van der Waals surface area contributed by atoms with Crippen molar-refractivity contribution in [3.63, 3.8) is 0 Å². The molecule has 0 aliphatic heterocycles. The maximum Gasteiger partial charge on any atom is 0.220 e. The Morgan fingerprint density at radius 2 is 2.20 bits per heavy atom. The lowest BCUT2D eigenvalue weighted by molar-refractivity contribution is -0.121. The summed E-state index contributed by atoms with van der Waals surface area (Å²) >= 11 is 0. The normalized spacial score (nSPS) is 16.0. The molecule has 1 aliphatic rings. The molecule has 5 heteroatoms. The number of carbonyl (C=O) groups excluding carboxylic acids is 1. The molecule has 0 spiro atoms. The van der Waals surface area contributed by atoms with Gasteiger partial charge in [-0.15, -0.1) is 0 Å². The number of amides is 1. The third-order valence-corrected chi connectivity index (χ3v) is 2.85. The fraction of sp³-hybridized carbons (Fsp3) is 0.900. The van der Waals surface area contributed by atoms with E-state index in [0.29, 0.717) is 19.5 Å². The summed E-state index contributed by atoms with van der Waals surface area (Å²) in [6.07, 6.45) is 6.83. The van der Waals surface area contributed by atoms with Gasteiger partial charge in [0.05, 0.1) is 0 Å². The Kier molecular flexibility index (Phi) is 5.63. The van der Waals surface area contributed by atoms with E-state index in [0.717, 1.165) is 12.3 Å². The van der Waals surface area contributed by atoms with E-state index < -0.39 is 0 Å². The highest BCUT2D eigenvalue weighted by Crippen LogP contribution is 2.28. The largest absolute Gasteiger partial charge is 0.356 e. The van der Waals surface area contributed by atoms with Gasteiger partial charge in [-0.1, -0.05) is 30.8 Å². The zero-order valence-corrected chi connectivity index (χ0v) is 8.98. The van der Waals surface area contributed by atoms with Gasteiger partial charge < -0.3 is 5.32 Å². The minimum absolute atomic E-state index is 0.0787. The number of rotatable bonds is 6. The topological polar surface area (TPSA) is 77.9 Å². The van der Waals surface area contributed by atoms with Crippen molar-refractivity contribution in [1.29, 1.82) is 0 Å². The summed E-state index contributed by atoms with van der Waals surface area (Å²) in [4.78, 5) is 13.9. The Hall–Kier alpha value is -1.22. The minimum atomic E-state index is 0.0787. The van der Waals surface area contributed by atoms with Gasteiger partial charge in [0.1, 0.15) is 0 Å². The smallest absolute Gasteiger partial charge is 0.220 e. The van der Waals surface area contributed by atoms with Crippen molar-refractivity contribution < 1.29 is 4.79 Å². The van der Waals surface area contributed by atoms with Gasteiger partial charge in [-0.3, -0.25) is 4.79 Å². The molecular weight excluding hydrogens is 192 g/mol. The molecular formula is C10H18N4O. The van der Waals surface area contributed by atoms with Crippen molar-refractivity contribution >= 4 is 5.91 Å². The molecule has 84 valence electrons. The van der Waals surface area contributed by atoms with Crippen LogP contribution in [0, 0.1) is 5.92 Å². The highest BCUT2D eigenvalue weighted by atomic mass is 16.1. The van der Waals surface area contributed by atoms with E-state index in [1.54, 1.807) is 0 Å². The van der Waals surface area contributed by atoms with Gasteiger partial charge in [-0.25, -0.2) is 0 Å². The number of hydrogen-bond acceptors (Lipinski definition) is 2. The van der Waals surface area contributed by atoms with Crippen LogP contribution in [0.4, 0.5) is 0 Å². The Bertz CT molecular complexity index is 242. The molecule has 0 saturated heterocycles. The number of hydrogen-bond donors (Lipinski definition) is 1. The summed E-state index contributed by atoms with van der Waals surface area (Å²) in [6.45, 7) is 0.791. The first-order chi connectivity index (χ1) is 7.33. The van der Waals surface area contributed by atoms with Gasteiger partial charge in [0.15, 0.2) is 0 Å². The first-order valence-corrected chi connectivity index (χ1v) is 5.60. The number of nitrogens with zero attached hydrogens (tertiary/aromatic N) is 3. The Labute approximate surface area is 89.9 Å². The third-order valence-electron chi connectivity index (χ3n) is 2.85. The maximum atomic E-state index is 11.3. The van der Waals surface area contributed by atoms with Gasteiger partial charge in [-0.05, 0) is 17.9 Å². The van der Waals surface area contributed by atoms with Crippen LogP contribution in [0.2, 0.25) is 0 Å². The maximum absolute atomic E-state index is 11.3. The Morgan fingerprint density at radius 1 is 1.47 bits per heavy atom. The molecule has 1 rings (SSSR count). The standard InChI is InChI=1S/C10H18N4O/c11-14-13-8-7-12-10(15)6-5-9-3-1-2-4-9/h9H,1-8H2,(H,12,15). The SMILES string of the molecule is [N-]=[N+]=NCCNC(=O)CCC1CCCC1. The summed E-state index contributed by atoms with van der Waals surface area (Å²) in [6, 6.07) is 0. The van der Waals surface area contributed by atoms with Crippen molar-refractivity contribution in [2.24, 2.45) is 11.0 Å². The lowest BCUT2D eigenvalue weighted by Gasteiger charge is -2.08. The van der Waals surface area contributed by atoms with Crippen molar-refractivity contribution in [3.8, 4) is 0 Å². The monoisotopic (exact) mass is 210 g/mol. The summed E-state index contributed by atoms with van der Waals surface area (Å²) < 4.78 is 0. The lowest BCUT2D eigenvalue weighted by Crippen LogP contribution is -2.26. The van der Waals surface area contributed by atoms with E-state index in [2.05, 4.69) is 15.3 Å². The van der Waals surface area contributed by atoms with Gasteiger partial charge in [0.2, 0.25) is 5.91 Å². The first-order valence-electron chi connectivity index (χ1n) is 5.60. The average molecular weight is 210 g/mol. The second-order valence-electron chi connectivity index (χ2n) is 3.99. The van der Waals surface area contributed by atoms with Crippen LogP contribution in [0.1, 0.15) is 38.5 Å². The highest BCUT2D eigenvalue weighted by Gasteiger charge is 2.15. The molecule has 1 aliphatic carbocycles. The molecule has 1 fully saturated rings. The van der Waals surface area contributed by atoms with Crippen molar-refractivity contribution in [3.05, 3.63) is 10.4 Å².